The van der Waals surface area contributed by atoms with Crippen LogP contribution in [0.1, 0.15) is 47.7 Å². The zero-order chi connectivity index (χ0) is 21.1. The molecular formula is C22H28N2O5. The molecule has 1 aliphatic rings. The largest absolute Gasteiger partial charge is 0.453 e. The van der Waals surface area contributed by atoms with E-state index in [0.717, 1.165) is 11.1 Å². The third-order valence-electron chi connectivity index (χ3n) is 5.24. The average Bonchev–Trinajstić information content (AvgIpc) is 3.16. The van der Waals surface area contributed by atoms with Crippen molar-refractivity contribution in [1.82, 2.24) is 0 Å². The highest BCUT2D eigenvalue weighted by Gasteiger charge is 2.38. The first-order valence-corrected chi connectivity index (χ1v) is 9.87. The fourth-order valence-electron chi connectivity index (χ4n) is 3.57. The van der Waals surface area contributed by atoms with Gasteiger partial charge in [-0.1, -0.05) is 6.92 Å². The topological polar surface area (TPSA) is 72.2 Å². The Hall–Kier alpha value is -2.80. The maximum Gasteiger partial charge on any atom is 0.414 e. The number of hydrogen-bond donors (Lipinski definition) is 0. The van der Waals surface area contributed by atoms with Crippen molar-refractivity contribution in [3.63, 3.8) is 0 Å². The number of furan rings is 1. The molecule has 1 unspecified atom stereocenters. The van der Waals surface area contributed by atoms with E-state index in [9.17, 15) is 9.59 Å². The van der Waals surface area contributed by atoms with Crippen LogP contribution in [-0.2, 0) is 16.1 Å². The van der Waals surface area contributed by atoms with E-state index in [4.69, 9.17) is 13.9 Å². The molecule has 1 atom stereocenters. The molecule has 1 aliphatic heterocycles. The van der Waals surface area contributed by atoms with E-state index >= 15 is 0 Å². The number of anilines is 2. The highest BCUT2D eigenvalue weighted by atomic mass is 16.6. The van der Waals surface area contributed by atoms with Crippen LogP contribution < -0.4 is 9.80 Å². The molecule has 156 valence electrons. The lowest BCUT2D eigenvalue weighted by Crippen LogP contribution is -2.53. The number of fused-ring (bicyclic) bond motifs is 1. The standard InChI is InChI=1S/C22H28N2O5/c1-6-16-12-23(21(25)20-9-8-17(29-20)13-27-5)18-10-14(3)15(4)11-19(18)24(16)22(26)28-7-2/h8-11,16H,6-7,12-13H2,1-5H3. The van der Waals surface area contributed by atoms with Crippen LogP contribution in [0.4, 0.5) is 16.2 Å². The zero-order valence-electron chi connectivity index (χ0n) is 17.7. The fraction of sp³-hybridized carbons (Fsp3) is 0.455. The summed E-state index contributed by atoms with van der Waals surface area (Å²) in [7, 11) is 1.58. The quantitative estimate of drug-likeness (QED) is 0.742. The molecular weight excluding hydrogens is 372 g/mol. The van der Waals surface area contributed by atoms with Crippen molar-refractivity contribution in [2.45, 2.75) is 46.8 Å². The van der Waals surface area contributed by atoms with Crippen molar-refractivity contribution in [1.29, 1.82) is 0 Å². The Morgan fingerprint density at radius 1 is 1.14 bits per heavy atom. The van der Waals surface area contributed by atoms with E-state index in [0.29, 0.717) is 43.3 Å². The van der Waals surface area contributed by atoms with Crippen molar-refractivity contribution in [3.05, 3.63) is 46.9 Å². The Morgan fingerprint density at radius 2 is 1.83 bits per heavy atom. The number of ether oxygens (including phenoxy) is 2. The number of rotatable bonds is 5. The smallest absolute Gasteiger partial charge is 0.414 e. The minimum Gasteiger partial charge on any atom is -0.453 e. The molecule has 7 heteroatoms. The van der Waals surface area contributed by atoms with E-state index in [2.05, 4.69) is 0 Å². The van der Waals surface area contributed by atoms with Gasteiger partial charge in [0, 0.05) is 13.7 Å². The summed E-state index contributed by atoms with van der Waals surface area (Å²) in [6.07, 6.45) is 0.290. The van der Waals surface area contributed by atoms with Gasteiger partial charge in [-0.15, -0.1) is 0 Å². The summed E-state index contributed by atoms with van der Waals surface area (Å²) in [5.74, 6) is 0.604. The van der Waals surface area contributed by atoms with Crippen LogP contribution in [0.3, 0.4) is 0 Å². The maximum absolute atomic E-state index is 13.3. The van der Waals surface area contributed by atoms with Crippen LogP contribution in [0.25, 0.3) is 0 Å². The molecule has 0 N–H and O–H groups in total. The second-order valence-electron chi connectivity index (χ2n) is 7.17. The predicted molar refractivity (Wildman–Crippen MR) is 111 cm³/mol. The molecule has 0 saturated carbocycles. The van der Waals surface area contributed by atoms with Crippen molar-refractivity contribution in [2.75, 3.05) is 30.1 Å². The number of carbonyl (C=O) groups is 2. The van der Waals surface area contributed by atoms with Gasteiger partial charge in [-0.05, 0) is 62.6 Å². The first-order chi connectivity index (χ1) is 13.9. The monoisotopic (exact) mass is 400 g/mol. The van der Waals surface area contributed by atoms with Crippen molar-refractivity contribution in [3.8, 4) is 0 Å². The molecule has 29 heavy (non-hydrogen) atoms. The van der Waals surface area contributed by atoms with Gasteiger partial charge >= 0.3 is 6.09 Å². The van der Waals surface area contributed by atoms with Crippen molar-refractivity contribution in [2.24, 2.45) is 0 Å². The molecule has 2 heterocycles. The predicted octanol–water partition coefficient (Wildman–Crippen LogP) is 4.44. The summed E-state index contributed by atoms with van der Waals surface area (Å²) in [6, 6.07) is 7.10. The van der Waals surface area contributed by atoms with E-state index < -0.39 is 6.09 Å². The molecule has 0 fully saturated rings. The number of aryl methyl sites for hydroxylation is 2. The highest BCUT2D eigenvalue weighted by Crippen LogP contribution is 2.39. The van der Waals surface area contributed by atoms with Gasteiger partial charge in [-0.2, -0.15) is 0 Å². The second-order valence-corrected chi connectivity index (χ2v) is 7.17. The maximum atomic E-state index is 13.3. The van der Waals surface area contributed by atoms with Gasteiger partial charge in [0.15, 0.2) is 5.76 Å². The van der Waals surface area contributed by atoms with E-state index in [1.807, 2.05) is 32.9 Å². The highest BCUT2D eigenvalue weighted by molar-refractivity contribution is 6.09. The molecule has 0 aliphatic carbocycles. The third-order valence-corrected chi connectivity index (χ3v) is 5.24. The van der Waals surface area contributed by atoms with Crippen LogP contribution in [0.2, 0.25) is 0 Å². The van der Waals surface area contributed by atoms with Gasteiger partial charge in [-0.3, -0.25) is 9.69 Å². The van der Waals surface area contributed by atoms with E-state index in [-0.39, 0.29) is 17.7 Å². The van der Waals surface area contributed by atoms with Crippen LogP contribution >= 0.6 is 0 Å². The third kappa shape index (κ3) is 4.00. The molecule has 1 aromatic carbocycles. The van der Waals surface area contributed by atoms with Crippen molar-refractivity contribution < 1.29 is 23.5 Å². The molecule has 0 spiro atoms. The number of benzene rings is 1. The SMILES string of the molecule is CCOC(=O)N1c2cc(C)c(C)cc2N(C(=O)c2ccc(COC)o2)CC1CC. The van der Waals surface area contributed by atoms with Crippen LogP contribution in [-0.4, -0.2) is 38.3 Å². The summed E-state index contributed by atoms with van der Waals surface area (Å²) in [5, 5.41) is 0. The molecule has 0 saturated heterocycles. The Morgan fingerprint density at radius 3 is 2.45 bits per heavy atom. The van der Waals surface area contributed by atoms with Gasteiger partial charge in [0.05, 0.1) is 24.0 Å². The fourth-order valence-corrected chi connectivity index (χ4v) is 3.57. The normalized spacial score (nSPS) is 16.0. The lowest BCUT2D eigenvalue weighted by Gasteiger charge is -2.41. The first kappa shape index (κ1) is 20.9. The van der Waals surface area contributed by atoms with Crippen LogP contribution in [0.15, 0.2) is 28.7 Å². The zero-order valence-corrected chi connectivity index (χ0v) is 17.7. The van der Waals surface area contributed by atoms with Gasteiger partial charge < -0.3 is 18.8 Å². The lowest BCUT2D eigenvalue weighted by molar-refractivity contribution is 0.0946. The Bertz CT molecular complexity index is 905. The Kier molecular flexibility index (Phi) is 6.27. The average molecular weight is 400 g/mol. The Balaban J connectivity index is 2.06. The molecule has 0 bridgehead atoms. The number of hydrogen-bond acceptors (Lipinski definition) is 5. The lowest BCUT2D eigenvalue weighted by atomic mass is 10.00. The minimum absolute atomic E-state index is 0.194. The van der Waals surface area contributed by atoms with E-state index in [1.165, 1.54) is 0 Å². The first-order valence-electron chi connectivity index (χ1n) is 9.87. The minimum atomic E-state index is -0.392. The molecule has 2 aromatic rings. The van der Waals surface area contributed by atoms with Crippen LogP contribution in [0.5, 0.6) is 0 Å². The summed E-state index contributed by atoms with van der Waals surface area (Å²) >= 11 is 0. The van der Waals surface area contributed by atoms with E-state index in [1.54, 1.807) is 36.0 Å². The van der Waals surface area contributed by atoms with Gasteiger partial charge in [0.25, 0.3) is 5.91 Å². The van der Waals surface area contributed by atoms with Gasteiger partial charge in [-0.25, -0.2) is 4.79 Å². The summed E-state index contributed by atoms with van der Waals surface area (Å²) in [4.78, 5) is 29.4. The summed E-state index contributed by atoms with van der Waals surface area (Å²) < 4.78 is 16.0. The van der Waals surface area contributed by atoms with Gasteiger partial charge in [0.2, 0.25) is 0 Å². The summed E-state index contributed by atoms with van der Waals surface area (Å²) in [6.45, 7) is 8.72. The Labute approximate surface area is 171 Å². The molecule has 1 aromatic heterocycles. The summed E-state index contributed by atoms with van der Waals surface area (Å²) in [5.41, 5.74) is 3.45. The number of amides is 2. The second kappa shape index (κ2) is 8.69. The molecule has 3 rings (SSSR count). The molecule has 2 amide bonds. The molecule has 0 radical (unpaired) electrons. The number of carbonyl (C=O) groups excluding carboxylic acids is 2. The van der Waals surface area contributed by atoms with Crippen LogP contribution in [0, 0.1) is 13.8 Å². The molecule has 7 nitrogen and oxygen atoms in total. The number of nitrogens with zero attached hydrogens (tertiary/aromatic N) is 2. The van der Waals surface area contributed by atoms with Gasteiger partial charge in [0.1, 0.15) is 12.4 Å². The number of methoxy groups -OCH3 is 1. The van der Waals surface area contributed by atoms with Crippen molar-refractivity contribution >= 4 is 23.4 Å².